The van der Waals surface area contributed by atoms with Crippen LogP contribution in [0, 0.1) is 6.92 Å². The first-order chi connectivity index (χ1) is 12.9. The quantitative estimate of drug-likeness (QED) is 0.754. The van der Waals surface area contributed by atoms with Crippen molar-refractivity contribution in [3.05, 3.63) is 52.5 Å². The number of amides is 2. The van der Waals surface area contributed by atoms with Crippen LogP contribution in [0.5, 0.6) is 5.75 Å². The number of halogens is 1. The van der Waals surface area contributed by atoms with Crippen LogP contribution >= 0.6 is 11.6 Å². The maximum atomic E-state index is 12.4. The van der Waals surface area contributed by atoms with E-state index in [1.165, 1.54) is 14.0 Å². The molecule has 0 fully saturated rings. The zero-order valence-electron chi connectivity index (χ0n) is 16.1. The second kappa shape index (κ2) is 9.42. The lowest BCUT2D eigenvalue weighted by molar-refractivity contribution is -0.117. The number of hydrogen-bond acceptors (Lipinski definition) is 3. The Bertz CT molecular complexity index is 836. The zero-order valence-corrected chi connectivity index (χ0v) is 16.9. The summed E-state index contributed by atoms with van der Waals surface area (Å²) in [5.41, 5.74) is 3.59. The van der Waals surface area contributed by atoms with Crippen molar-refractivity contribution in [2.75, 3.05) is 23.9 Å². The highest BCUT2D eigenvalue weighted by atomic mass is 35.5. The molecule has 0 unspecified atom stereocenters. The van der Waals surface area contributed by atoms with Gasteiger partial charge in [-0.15, -0.1) is 0 Å². The molecule has 27 heavy (non-hydrogen) atoms. The Balaban J connectivity index is 2.09. The minimum absolute atomic E-state index is 0.0840. The van der Waals surface area contributed by atoms with E-state index in [1.807, 2.05) is 25.1 Å². The van der Waals surface area contributed by atoms with Crippen LogP contribution in [-0.4, -0.2) is 25.5 Å². The van der Waals surface area contributed by atoms with Crippen LogP contribution in [0.1, 0.15) is 31.4 Å². The van der Waals surface area contributed by atoms with Gasteiger partial charge in [0.2, 0.25) is 11.8 Å². The Morgan fingerprint density at radius 2 is 1.96 bits per heavy atom. The molecule has 0 aliphatic heterocycles. The summed E-state index contributed by atoms with van der Waals surface area (Å²) in [5, 5.41) is 3.23. The Morgan fingerprint density at radius 3 is 2.56 bits per heavy atom. The second-order valence-corrected chi connectivity index (χ2v) is 6.66. The monoisotopic (exact) mass is 388 g/mol. The van der Waals surface area contributed by atoms with Gasteiger partial charge in [-0.2, -0.15) is 0 Å². The molecule has 2 amide bonds. The van der Waals surface area contributed by atoms with Gasteiger partial charge in [-0.1, -0.05) is 36.7 Å². The predicted molar refractivity (Wildman–Crippen MR) is 110 cm³/mol. The van der Waals surface area contributed by atoms with E-state index in [2.05, 4.69) is 12.2 Å². The molecule has 5 nitrogen and oxygen atoms in total. The maximum Gasteiger partial charge on any atom is 0.226 e. The van der Waals surface area contributed by atoms with E-state index in [0.717, 1.165) is 23.2 Å². The molecule has 0 aromatic heterocycles. The first kappa shape index (κ1) is 20.8. The molecule has 0 aliphatic carbocycles. The van der Waals surface area contributed by atoms with E-state index >= 15 is 0 Å². The van der Waals surface area contributed by atoms with Gasteiger partial charge in [0.25, 0.3) is 0 Å². The average molecular weight is 389 g/mol. The Morgan fingerprint density at radius 1 is 1.22 bits per heavy atom. The van der Waals surface area contributed by atoms with Crippen molar-refractivity contribution in [2.24, 2.45) is 0 Å². The summed E-state index contributed by atoms with van der Waals surface area (Å²) < 4.78 is 5.10. The first-order valence-corrected chi connectivity index (χ1v) is 9.25. The number of rotatable bonds is 7. The van der Waals surface area contributed by atoms with Gasteiger partial charge in [-0.25, -0.2) is 0 Å². The maximum absolute atomic E-state index is 12.4. The summed E-state index contributed by atoms with van der Waals surface area (Å²) >= 11 is 6.08. The minimum atomic E-state index is -0.186. The van der Waals surface area contributed by atoms with Crippen molar-refractivity contribution >= 4 is 34.8 Å². The molecule has 2 aromatic rings. The van der Waals surface area contributed by atoms with Crippen molar-refractivity contribution in [3.8, 4) is 5.75 Å². The van der Waals surface area contributed by atoms with Gasteiger partial charge >= 0.3 is 0 Å². The van der Waals surface area contributed by atoms with E-state index in [0.29, 0.717) is 23.0 Å². The van der Waals surface area contributed by atoms with Crippen LogP contribution in [0.25, 0.3) is 0 Å². The molecular formula is C21H25ClN2O3. The molecule has 0 bridgehead atoms. The number of ether oxygens (including phenoxy) is 1. The number of nitrogens with zero attached hydrogens (tertiary/aromatic N) is 1. The van der Waals surface area contributed by atoms with Crippen LogP contribution in [0.15, 0.2) is 36.4 Å². The lowest BCUT2D eigenvalue weighted by Crippen LogP contribution is -2.33. The van der Waals surface area contributed by atoms with Gasteiger partial charge in [0.15, 0.2) is 0 Å². The van der Waals surface area contributed by atoms with Crippen LogP contribution in [0.2, 0.25) is 5.02 Å². The number of benzene rings is 2. The summed E-state index contributed by atoms with van der Waals surface area (Å²) in [6.45, 7) is 5.86. The van der Waals surface area contributed by atoms with Crippen molar-refractivity contribution < 1.29 is 14.3 Å². The molecule has 0 radical (unpaired) electrons. The highest BCUT2D eigenvalue weighted by Crippen LogP contribution is 2.28. The van der Waals surface area contributed by atoms with Crippen LogP contribution in [0.4, 0.5) is 11.4 Å². The first-order valence-electron chi connectivity index (χ1n) is 8.87. The number of carbonyl (C=O) groups is 2. The fourth-order valence-corrected chi connectivity index (χ4v) is 3.26. The molecule has 0 spiro atoms. The molecule has 144 valence electrons. The summed E-state index contributed by atoms with van der Waals surface area (Å²) in [6.07, 6.45) is 0.998. The number of aryl methyl sites for hydroxylation is 2. The summed E-state index contributed by atoms with van der Waals surface area (Å²) in [7, 11) is 1.53. The highest BCUT2D eigenvalue weighted by Gasteiger charge is 2.18. The zero-order chi connectivity index (χ0) is 20.0. The molecule has 0 atom stereocenters. The van der Waals surface area contributed by atoms with Crippen LogP contribution in [0.3, 0.4) is 0 Å². The molecular weight excluding hydrogens is 364 g/mol. The van der Waals surface area contributed by atoms with E-state index < -0.39 is 0 Å². The van der Waals surface area contributed by atoms with E-state index in [4.69, 9.17) is 16.3 Å². The normalized spacial score (nSPS) is 10.4. The van der Waals surface area contributed by atoms with Crippen LogP contribution < -0.4 is 15.0 Å². The number of methoxy groups -OCH3 is 1. The number of hydrogen-bond donors (Lipinski definition) is 1. The predicted octanol–water partition coefficient (Wildman–Crippen LogP) is 4.60. The summed E-state index contributed by atoms with van der Waals surface area (Å²) in [6, 6.07) is 11.0. The number of carbonyl (C=O) groups excluding carboxylic acids is 2. The van der Waals surface area contributed by atoms with Gasteiger partial charge in [0.1, 0.15) is 5.75 Å². The molecule has 0 saturated heterocycles. The van der Waals surface area contributed by atoms with Crippen molar-refractivity contribution in [1.82, 2.24) is 0 Å². The minimum Gasteiger partial charge on any atom is -0.495 e. The van der Waals surface area contributed by atoms with E-state index in [-0.39, 0.29) is 18.2 Å². The van der Waals surface area contributed by atoms with Crippen LogP contribution in [-0.2, 0) is 16.0 Å². The lowest BCUT2D eigenvalue weighted by Gasteiger charge is -2.25. The van der Waals surface area contributed by atoms with Crippen molar-refractivity contribution in [1.29, 1.82) is 0 Å². The summed E-state index contributed by atoms with van der Waals surface area (Å²) in [4.78, 5) is 26.2. The third kappa shape index (κ3) is 5.23. The van der Waals surface area contributed by atoms with Crippen molar-refractivity contribution in [3.63, 3.8) is 0 Å². The smallest absolute Gasteiger partial charge is 0.226 e. The molecule has 0 aliphatic rings. The fraction of sp³-hybridized carbons (Fsp3) is 0.333. The van der Waals surface area contributed by atoms with Crippen molar-refractivity contribution in [2.45, 2.75) is 33.6 Å². The topological polar surface area (TPSA) is 58.6 Å². The Kier molecular flexibility index (Phi) is 7.25. The largest absolute Gasteiger partial charge is 0.495 e. The van der Waals surface area contributed by atoms with Gasteiger partial charge in [-0.3, -0.25) is 9.59 Å². The molecule has 6 heteroatoms. The fourth-order valence-electron chi connectivity index (χ4n) is 3.00. The number of para-hydroxylation sites is 1. The van der Waals surface area contributed by atoms with E-state index in [1.54, 1.807) is 23.1 Å². The SMILES string of the molecule is CCc1cccc(C)c1N(CCC(=O)Nc1ccc(OC)c(Cl)c1)C(C)=O. The number of nitrogens with one attached hydrogen (secondary N) is 1. The van der Waals surface area contributed by atoms with Gasteiger partial charge in [0.05, 0.1) is 12.1 Å². The molecule has 1 N–H and O–H groups in total. The van der Waals surface area contributed by atoms with Gasteiger partial charge < -0.3 is 15.0 Å². The number of anilines is 2. The van der Waals surface area contributed by atoms with Gasteiger partial charge in [0, 0.05) is 31.3 Å². The summed E-state index contributed by atoms with van der Waals surface area (Å²) in [5.74, 6) is 0.275. The third-order valence-electron chi connectivity index (χ3n) is 4.35. The highest BCUT2D eigenvalue weighted by molar-refractivity contribution is 6.32. The van der Waals surface area contributed by atoms with Gasteiger partial charge in [-0.05, 0) is 42.7 Å². The molecule has 0 heterocycles. The molecule has 2 rings (SSSR count). The van der Waals surface area contributed by atoms with E-state index in [9.17, 15) is 9.59 Å². The Labute approximate surface area is 165 Å². The standard InChI is InChI=1S/C21H25ClN2O3/c1-5-16-8-6-7-14(2)21(16)24(15(3)25)12-11-20(26)23-17-9-10-19(27-4)18(22)13-17/h6-10,13H,5,11-12H2,1-4H3,(H,23,26). The Hall–Kier alpha value is -2.53. The molecule has 0 saturated carbocycles. The average Bonchev–Trinajstić information content (AvgIpc) is 2.62. The third-order valence-corrected chi connectivity index (χ3v) is 4.65. The lowest BCUT2D eigenvalue weighted by atomic mass is 10.0. The second-order valence-electron chi connectivity index (χ2n) is 6.25. The molecule has 2 aromatic carbocycles.